The average molecular weight is 359 g/mol. The van der Waals surface area contributed by atoms with Crippen molar-refractivity contribution in [3.05, 3.63) is 11.6 Å². The van der Waals surface area contributed by atoms with Crippen LogP contribution in [0.2, 0.25) is 18.1 Å². The van der Waals surface area contributed by atoms with Gasteiger partial charge in [-0.15, -0.1) is 0 Å². The van der Waals surface area contributed by atoms with E-state index in [1.807, 2.05) is 0 Å². The monoisotopic (exact) mass is 358 g/mol. The zero-order chi connectivity index (χ0) is 18.6. The Kier molecular flexibility index (Phi) is 12.5. The van der Waals surface area contributed by atoms with Crippen molar-refractivity contribution in [3.63, 3.8) is 0 Å². The van der Waals surface area contributed by atoms with E-state index in [2.05, 4.69) is 40.7 Å². The largest absolute Gasteiger partial charge is 0.411 e. The van der Waals surface area contributed by atoms with Crippen LogP contribution in [0, 0.1) is 0 Å². The molecule has 0 unspecified atom stereocenters. The van der Waals surface area contributed by atoms with Gasteiger partial charge in [-0.3, -0.25) is 4.79 Å². The fourth-order valence-corrected chi connectivity index (χ4v) is 5.80. The van der Waals surface area contributed by atoms with Gasteiger partial charge in [-0.2, -0.15) is 0 Å². The Labute approximate surface area is 150 Å². The summed E-state index contributed by atoms with van der Waals surface area (Å²) in [7, 11) is -0.177. The predicted molar refractivity (Wildman–Crippen MR) is 103 cm³/mol. The molecule has 4 nitrogen and oxygen atoms in total. The summed E-state index contributed by atoms with van der Waals surface area (Å²) >= 11 is 0. The maximum atomic E-state index is 11.8. The molecule has 0 aliphatic carbocycles. The van der Waals surface area contributed by atoms with Gasteiger partial charge in [0.05, 0.1) is 12.2 Å². The Morgan fingerprint density at radius 1 is 1.04 bits per heavy atom. The Hall–Kier alpha value is -0.493. The first kappa shape index (κ1) is 23.5. The van der Waals surface area contributed by atoms with Crippen molar-refractivity contribution < 1.29 is 18.7 Å². The number of Topliss-reactive ketones (excluding diaryl/α,β-unsaturated/α-hetero) is 1. The number of rotatable bonds is 14. The molecule has 0 fully saturated rings. The molecule has 0 saturated heterocycles. The van der Waals surface area contributed by atoms with E-state index in [1.54, 1.807) is 14.0 Å². The summed E-state index contributed by atoms with van der Waals surface area (Å²) in [6, 6.07) is 3.21. The van der Waals surface area contributed by atoms with Gasteiger partial charge in [0.15, 0.2) is 8.32 Å². The maximum absolute atomic E-state index is 11.8. The molecule has 0 rings (SSSR count). The van der Waals surface area contributed by atoms with Crippen molar-refractivity contribution in [1.82, 2.24) is 0 Å². The van der Waals surface area contributed by atoms with E-state index in [9.17, 15) is 4.79 Å². The smallest absolute Gasteiger partial charge is 0.192 e. The summed E-state index contributed by atoms with van der Waals surface area (Å²) in [5.41, 5.74) is 1.30. The average Bonchev–Trinajstić information content (AvgIpc) is 2.54. The molecule has 142 valence electrons. The zero-order valence-corrected chi connectivity index (χ0v) is 17.8. The number of hydrogen-bond acceptors (Lipinski definition) is 4. The fraction of sp³-hybridized carbons (Fsp3) is 0.842. The Morgan fingerprint density at radius 2 is 1.62 bits per heavy atom. The van der Waals surface area contributed by atoms with Crippen LogP contribution in [-0.2, 0) is 18.7 Å². The number of ether oxygens (including phenoxy) is 2. The molecule has 0 aromatic rings. The first-order valence-corrected chi connectivity index (χ1v) is 11.8. The highest BCUT2D eigenvalue weighted by Crippen LogP contribution is 2.27. The SMILES string of the molecule is CC[Si](CC)(CC)O[C@H](CC(C)=O)[C@H](CCC=C(C)C)OCOC. The lowest BCUT2D eigenvalue weighted by molar-refractivity contribution is -0.129. The van der Waals surface area contributed by atoms with Gasteiger partial charge in [0.25, 0.3) is 0 Å². The van der Waals surface area contributed by atoms with Crippen molar-refractivity contribution >= 4 is 14.1 Å². The summed E-state index contributed by atoms with van der Waals surface area (Å²) in [6.45, 7) is 12.7. The van der Waals surface area contributed by atoms with Gasteiger partial charge < -0.3 is 13.9 Å². The lowest BCUT2D eigenvalue weighted by Gasteiger charge is -2.36. The number of carbonyl (C=O) groups is 1. The molecule has 2 atom stereocenters. The molecule has 0 heterocycles. The molecule has 0 N–H and O–H groups in total. The standard InChI is InChI=1S/C19H38O4Si/c1-8-24(9-2,10-3)23-19(14-17(6)20)18(22-15-21-7)13-11-12-16(4)5/h12,18-19H,8-11,13-15H2,1-7H3/t18-,19+/m0/s1. The predicted octanol–water partition coefficient (Wildman–Crippen LogP) is 5.09. The first-order chi connectivity index (χ1) is 11.3. The van der Waals surface area contributed by atoms with Crippen LogP contribution in [0.4, 0.5) is 0 Å². The number of ketones is 1. The second kappa shape index (κ2) is 12.8. The zero-order valence-electron chi connectivity index (χ0n) is 16.8. The molecule has 0 bridgehead atoms. The minimum atomic E-state index is -1.80. The van der Waals surface area contributed by atoms with E-state index >= 15 is 0 Å². The van der Waals surface area contributed by atoms with Gasteiger partial charge in [0, 0.05) is 13.5 Å². The van der Waals surface area contributed by atoms with Crippen LogP contribution in [0.25, 0.3) is 0 Å². The van der Waals surface area contributed by atoms with E-state index < -0.39 is 8.32 Å². The molecule has 0 radical (unpaired) electrons. The van der Waals surface area contributed by atoms with Crippen molar-refractivity contribution in [2.24, 2.45) is 0 Å². The molecule has 0 aliphatic heterocycles. The third-order valence-corrected chi connectivity index (χ3v) is 9.31. The van der Waals surface area contributed by atoms with E-state index in [1.165, 1.54) is 5.57 Å². The minimum Gasteiger partial charge on any atom is -0.411 e. The maximum Gasteiger partial charge on any atom is 0.192 e. The van der Waals surface area contributed by atoms with Crippen molar-refractivity contribution in [2.45, 2.75) is 91.1 Å². The fourth-order valence-electron chi connectivity index (χ4n) is 2.92. The summed E-state index contributed by atoms with van der Waals surface area (Å²) in [4.78, 5) is 11.8. The highest BCUT2D eigenvalue weighted by molar-refractivity contribution is 6.73. The molecule has 5 heteroatoms. The number of methoxy groups -OCH3 is 1. The minimum absolute atomic E-state index is 0.110. The first-order valence-electron chi connectivity index (χ1n) is 9.25. The molecule has 0 aliphatic rings. The summed E-state index contributed by atoms with van der Waals surface area (Å²) in [5, 5.41) is 0. The molecule has 0 amide bonds. The lowest BCUT2D eigenvalue weighted by Crippen LogP contribution is -2.45. The Morgan fingerprint density at radius 3 is 2.04 bits per heavy atom. The highest BCUT2D eigenvalue weighted by atomic mass is 28.4. The summed E-state index contributed by atoms with van der Waals surface area (Å²) in [5.74, 6) is 0.152. The third-order valence-electron chi connectivity index (χ3n) is 4.64. The van der Waals surface area contributed by atoms with Crippen LogP contribution in [-0.4, -0.2) is 40.2 Å². The number of hydrogen-bond donors (Lipinski definition) is 0. The second-order valence-corrected chi connectivity index (χ2v) is 11.5. The van der Waals surface area contributed by atoms with Gasteiger partial charge in [-0.25, -0.2) is 0 Å². The molecule has 0 aromatic carbocycles. The quantitative estimate of drug-likeness (QED) is 0.246. The molecular weight excluding hydrogens is 320 g/mol. The molecular formula is C19H38O4Si. The van der Waals surface area contributed by atoms with Gasteiger partial charge >= 0.3 is 0 Å². The van der Waals surface area contributed by atoms with Crippen molar-refractivity contribution in [2.75, 3.05) is 13.9 Å². The topological polar surface area (TPSA) is 44.8 Å². The Balaban J connectivity index is 5.24. The van der Waals surface area contributed by atoms with Crippen LogP contribution < -0.4 is 0 Å². The van der Waals surface area contributed by atoms with Gasteiger partial charge in [0.2, 0.25) is 0 Å². The third kappa shape index (κ3) is 9.11. The van der Waals surface area contributed by atoms with Gasteiger partial charge in [-0.05, 0) is 51.7 Å². The lowest BCUT2D eigenvalue weighted by atomic mass is 10.0. The van der Waals surface area contributed by atoms with E-state index in [0.717, 1.165) is 31.0 Å². The van der Waals surface area contributed by atoms with E-state index in [0.29, 0.717) is 6.42 Å². The summed E-state index contributed by atoms with van der Waals surface area (Å²) < 4.78 is 17.6. The number of allylic oxidation sites excluding steroid dienone is 2. The second-order valence-electron chi connectivity index (χ2n) is 6.78. The molecule has 0 saturated carbocycles. The Bertz CT molecular complexity index is 365. The van der Waals surface area contributed by atoms with Crippen molar-refractivity contribution in [1.29, 1.82) is 0 Å². The van der Waals surface area contributed by atoms with Crippen LogP contribution in [0.3, 0.4) is 0 Å². The van der Waals surface area contributed by atoms with Gasteiger partial charge in [0.1, 0.15) is 12.6 Å². The van der Waals surface area contributed by atoms with E-state index in [-0.39, 0.29) is 24.8 Å². The van der Waals surface area contributed by atoms with Gasteiger partial charge in [-0.1, -0.05) is 32.4 Å². The van der Waals surface area contributed by atoms with Crippen LogP contribution in [0.1, 0.15) is 60.8 Å². The normalized spacial score (nSPS) is 14.3. The molecule has 24 heavy (non-hydrogen) atoms. The van der Waals surface area contributed by atoms with Crippen LogP contribution in [0.5, 0.6) is 0 Å². The van der Waals surface area contributed by atoms with E-state index in [4.69, 9.17) is 13.9 Å². The van der Waals surface area contributed by atoms with Crippen LogP contribution >= 0.6 is 0 Å². The van der Waals surface area contributed by atoms with Crippen molar-refractivity contribution in [3.8, 4) is 0 Å². The molecule has 0 spiro atoms. The highest BCUT2D eigenvalue weighted by Gasteiger charge is 2.35. The number of carbonyl (C=O) groups excluding carboxylic acids is 1. The summed E-state index contributed by atoms with van der Waals surface area (Å²) in [6.07, 6.45) is 4.10. The van der Waals surface area contributed by atoms with Crippen LogP contribution in [0.15, 0.2) is 11.6 Å². The molecule has 0 aromatic heterocycles.